The van der Waals surface area contributed by atoms with Gasteiger partial charge in [0.2, 0.25) is 0 Å². The molecule has 1 aromatic rings. The zero-order valence-electron chi connectivity index (χ0n) is 11.5. The Morgan fingerprint density at radius 2 is 2.11 bits per heavy atom. The van der Waals surface area contributed by atoms with Gasteiger partial charge in [0.1, 0.15) is 5.75 Å². The molecule has 1 aliphatic carbocycles. The molecular weight excluding hydrogens is 306 g/mol. The molecule has 19 heavy (non-hydrogen) atoms. The van der Waals surface area contributed by atoms with Crippen molar-refractivity contribution in [2.24, 2.45) is 0 Å². The van der Waals surface area contributed by atoms with Gasteiger partial charge in [0, 0.05) is 16.6 Å². The molecule has 106 valence electrons. The Balaban J connectivity index is 1.87. The van der Waals surface area contributed by atoms with Crippen LogP contribution < -0.4 is 10.2 Å². The van der Waals surface area contributed by atoms with Crippen LogP contribution in [-0.4, -0.2) is 12.7 Å². The Morgan fingerprint density at radius 1 is 1.32 bits per heavy atom. The van der Waals surface area contributed by atoms with Crippen molar-refractivity contribution < 1.29 is 9.57 Å². The third kappa shape index (κ3) is 4.79. The fraction of sp³-hybridized carbons (Fsp3) is 0.600. The van der Waals surface area contributed by atoms with Crippen LogP contribution in [0.4, 0.5) is 0 Å². The minimum atomic E-state index is 0.382. The van der Waals surface area contributed by atoms with E-state index in [2.05, 4.69) is 34.4 Å². The standard InChI is InChI=1S/C15H22BrNO2/c1-2-9-18-15-8-7-13(16)10-12(15)11-17-19-14-5-3-4-6-14/h7-8,10,14,17H,2-6,9,11H2,1H3. The first kappa shape index (κ1) is 14.8. The Hall–Kier alpha value is -0.580. The molecule has 1 aromatic carbocycles. The first-order valence-corrected chi connectivity index (χ1v) is 7.88. The monoisotopic (exact) mass is 327 g/mol. The number of hydrogen-bond donors (Lipinski definition) is 1. The molecular formula is C15H22BrNO2. The predicted molar refractivity (Wildman–Crippen MR) is 80.1 cm³/mol. The highest BCUT2D eigenvalue weighted by molar-refractivity contribution is 9.10. The van der Waals surface area contributed by atoms with Crippen molar-refractivity contribution in [3.8, 4) is 5.75 Å². The molecule has 1 aliphatic rings. The molecule has 1 fully saturated rings. The SMILES string of the molecule is CCCOc1ccc(Br)cc1CNOC1CCCC1. The van der Waals surface area contributed by atoms with Crippen molar-refractivity contribution in [2.75, 3.05) is 6.61 Å². The average Bonchev–Trinajstić information content (AvgIpc) is 2.91. The molecule has 0 aromatic heterocycles. The number of benzene rings is 1. The molecule has 1 saturated carbocycles. The van der Waals surface area contributed by atoms with Gasteiger partial charge in [0.25, 0.3) is 0 Å². The second-order valence-electron chi connectivity index (χ2n) is 4.95. The van der Waals surface area contributed by atoms with Crippen molar-refractivity contribution in [3.63, 3.8) is 0 Å². The van der Waals surface area contributed by atoms with Crippen LogP contribution in [0.5, 0.6) is 5.75 Å². The summed E-state index contributed by atoms with van der Waals surface area (Å²) in [4.78, 5) is 5.69. The lowest BCUT2D eigenvalue weighted by Gasteiger charge is -2.14. The van der Waals surface area contributed by atoms with Gasteiger partial charge in [0.15, 0.2) is 0 Å². The fourth-order valence-electron chi connectivity index (χ4n) is 2.28. The van der Waals surface area contributed by atoms with E-state index in [-0.39, 0.29) is 0 Å². The Labute approximate surface area is 123 Å². The Bertz CT molecular complexity index is 392. The zero-order valence-corrected chi connectivity index (χ0v) is 13.0. The molecule has 1 N–H and O–H groups in total. The lowest BCUT2D eigenvalue weighted by molar-refractivity contribution is -0.0247. The second kappa shape index (κ2) is 7.88. The van der Waals surface area contributed by atoms with Gasteiger partial charge in [-0.05, 0) is 37.5 Å². The van der Waals surface area contributed by atoms with Gasteiger partial charge < -0.3 is 4.74 Å². The van der Waals surface area contributed by atoms with Crippen LogP contribution in [0.15, 0.2) is 22.7 Å². The van der Waals surface area contributed by atoms with E-state index in [1.165, 1.54) is 25.7 Å². The largest absolute Gasteiger partial charge is 0.493 e. The fourth-order valence-corrected chi connectivity index (χ4v) is 2.69. The summed E-state index contributed by atoms with van der Waals surface area (Å²) in [6.45, 7) is 3.53. The normalized spacial score (nSPS) is 15.9. The first-order valence-electron chi connectivity index (χ1n) is 7.09. The molecule has 0 spiro atoms. The summed E-state index contributed by atoms with van der Waals surface area (Å²) in [5.41, 5.74) is 4.21. The highest BCUT2D eigenvalue weighted by Crippen LogP contribution is 2.24. The van der Waals surface area contributed by atoms with Crippen molar-refractivity contribution in [2.45, 2.75) is 51.7 Å². The molecule has 0 bridgehead atoms. The van der Waals surface area contributed by atoms with E-state index in [9.17, 15) is 0 Å². The number of hydrogen-bond acceptors (Lipinski definition) is 3. The summed E-state index contributed by atoms with van der Waals surface area (Å²) < 4.78 is 6.81. The topological polar surface area (TPSA) is 30.5 Å². The van der Waals surface area contributed by atoms with Crippen LogP contribution in [0.3, 0.4) is 0 Å². The highest BCUT2D eigenvalue weighted by Gasteiger charge is 2.15. The van der Waals surface area contributed by atoms with Gasteiger partial charge in [-0.1, -0.05) is 35.7 Å². The maximum atomic E-state index is 5.75. The van der Waals surface area contributed by atoms with Gasteiger partial charge in [-0.2, -0.15) is 5.48 Å². The smallest absolute Gasteiger partial charge is 0.123 e. The van der Waals surface area contributed by atoms with Gasteiger partial charge in [0.05, 0.1) is 12.7 Å². The second-order valence-corrected chi connectivity index (χ2v) is 5.86. The van der Waals surface area contributed by atoms with E-state index in [0.29, 0.717) is 12.6 Å². The molecule has 0 unspecified atom stereocenters. The maximum absolute atomic E-state index is 5.75. The summed E-state index contributed by atoms with van der Waals surface area (Å²) in [7, 11) is 0. The van der Waals surface area contributed by atoms with E-state index in [0.717, 1.165) is 28.8 Å². The highest BCUT2D eigenvalue weighted by atomic mass is 79.9. The third-order valence-electron chi connectivity index (χ3n) is 3.30. The minimum Gasteiger partial charge on any atom is -0.493 e. The lowest BCUT2D eigenvalue weighted by Crippen LogP contribution is -2.21. The molecule has 3 nitrogen and oxygen atoms in total. The van der Waals surface area contributed by atoms with Crippen molar-refractivity contribution in [3.05, 3.63) is 28.2 Å². The number of halogens is 1. The summed E-state index contributed by atoms with van der Waals surface area (Å²) >= 11 is 3.50. The average molecular weight is 328 g/mol. The van der Waals surface area contributed by atoms with Gasteiger partial charge in [-0.3, -0.25) is 4.84 Å². The van der Waals surface area contributed by atoms with E-state index in [4.69, 9.17) is 9.57 Å². The number of hydroxylamine groups is 1. The van der Waals surface area contributed by atoms with Gasteiger partial charge in [-0.15, -0.1) is 0 Å². The van der Waals surface area contributed by atoms with Crippen LogP contribution in [0.25, 0.3) is 0 Å². The number of rotatable bonds is 7. The first-order chi connectivity index (χ1) is 9.29. The Kier molecular flexibility index (Phi) is 6.14. The Morgan fingerprint density at radius 3 is 2.84 bits per heavy atom. The van der Waals surface area contributed by atoms with Gasteiger partial charge in [-0.25, -0.2) is 0 Å². The van der Waals surface area contributed by atoms with Crippen LogP contribution in [0.2, 0.25) is 0 Å². The lowest BCUT2D eigenvalue weighted by atomic mass is 10.2. The molecule has 0 heterocycles. The number of nitrogens with one attached hydrogen (secondary N) is 1. The van der Waals surface area contributed by atoms with Crippen LogP contribution in [-0.2, 0) is 11.4 Å². The van der Waals surface area contributed by atoms with Crippen LogP contribution in [0.1, 0.15) is 44.6 Å². The maximum Gasteiger partial charge on any atom is 0.123 e. The summed E-state index contributed by atoms with van der Waals surface area (Å²) in [6, 6.07) is 6.09. The van der Waals surface area contributed by atoms with E-state index >= 15 is 0 Å². The zero-order chi connectivity index (χ0) is 13.5. The van der Waals surface area contributed by atoms with Crippen molar-refractivity contribution >= 4 is 15.9 Å². The van der Waals surface area contributed by atoms with E-state index < -0.39 is 0 Å². The summed E-state index contributed by atoms with van der Waals surface area (Å²) in [5.74, 6) is 0.938. The third-order valence-corrected chi connectivity index (χ3v) is 3.79. The van der Waals surface area contributed by atoms with Crippen LogP contribution >= 0.6 is 15.9 Å². The predicted octanol–water partition coefficient (Wildman–Crippen LogP) is 4.20. The van der Waals surface area contributed by atoms with E-state index in [1.54, 1.807) is 0 Å². The molecule has 0 atom stereocenters. The van der Waals surface area contributed by atoms with E-state index in [1.807, 2.05) is 12.1 Å². The molecule has 0 aliphatic heterocycles. The van der Waals surface area contributed by atoms with Gasteiger partial charge >= 0.3 is 0 Å². The molecule has 0 saturated heterocycles. The summed E-state index contributed by atoms with van der Waals surface area (Å²) in [6.07, 6.45) is 6.31. The summed E-state index contributed by atoms with van der Waals surface area (Å²) in [5, 5.41) is 0. The van der Waals surface area contributed by atoms with Crippen molar-refractivity contribution in [1.29, 1.82) is 0 Å². The minimum absolute atomic E-state index is 0.382. The molecule has 2 rings (SSSR count). The van der Waals surface area contributed by atoms with Crippen LogP contribution in [0, 0.1) is 0 Å². The molecule has 4 heteroatoms. The quantitative estimate of drug-likeness (QED) is 0.761. The number of ether oxygens (including phenoxy) is 1. The molecule has 0 amide bonds. The van der Waals surface area contributed by atoms with Crippen molar-refractivity contribution in [1.82, 2.24) is 5.48 Å². The molecule has 0 radical (unpaired) electrons.